The molecule has 0 aliphatic heterocycles. The van der Waals surface area contributed by atoms with Crippen molar-refractivity contribution in [2.24, 2.45) is 0 Å². The maximum absolute atomic E-state index is 10.6. The summed E-state index contributed by atoms with van der Waals surface area (Å²) in [7, 11) is 1.66. The summed E-state index contributed by atoms with van der Waals surface area (Å²) in [4.78, 5) is 4.78. The number of methoxy groups -OCH3 is 1. The highest BCUT2D eigenvalue weighted by Crippen LogP contribution is 2.36. The standard InChI is InChI=1S/C27H24ClN3O2/c1-33-21-9-11-24-23(17-21)27(22-10-6-19(28)16-25(22)30-24)29-20-7-4-18(5-8-20)26(32)12-15-31-13-2-3-14-31/h2-11,13-14,16-17,26,32H,12,15H2,1H3,(H,29,30)/t26-/m0/s1. The predicted octanol–water partition coefficient (Wildman–Crippen LogP) is 6.72. The Kier molecular flexibility index (Phi) is 5.90. The highest BCUT2D eigenvalue weighted by atomic mass is 35.5. The van der Waals surface area contributed by atoms with Gasteiger partial charge in [0.1, 0.15) is 5.75 Å². The third-order valence-electron chi connectivity index (χ3n) is 5.83. The van der Waals surface area contributed by atoms with Crippen LogP contribution in [0.15, 0.2) is 85.2 Å². The van der Waals surface area contributed by atoms with E-state index >= 15 is 0 Å². The molecule has 0 saturated carbocycles. The molecule has 5 aromatic rings. The fraction of sp³-hybridized carbons (Fsp3) is 0.148. The van der Waals surface area contributed by atoms with Gasteiger partial charge >= 0.3 is 0 Å². The fourth-order valence-electron chi connectivity index (χ4n) is 4.05. The molecule has 6 heteroatoms. The topological polar surface area (TPSA) is 59.3 Å². The second kappa shape index (κ2) is 9.14. The van der Waals surface area contributed by atoms with Gasteiger partial charge in [0, 0.05) is 40.4 Å². The summed E-state index contributed by atoms with van der Waals surface area (Å²) in [5, 5.41) is 16.7. The molecule has 0 aliphatic carbocycles. The van der Waals surface area contributed by atoms with Crippen LogP contribution in [-0.2, 0) is 6.54 Å². The van der Waals surface area contributed by atoms with Crippen molar-refractivity contribution < 1.29 is 9.84 Å². The Bertz CT molecular complexity index is 1400. The number of aromatic nitrogens is 2. The number of rotatable bonds is 7. The van der Waals surface area contributed by atoms with Crippen LogP contribution < -0.4 is 10.1 Å². The van der Waals surface area contributed by atoms with E-state index in [1.165, 1.54) is 0 Å². The van der Waals surface area contributed by atoms with Gasteiger partial charge in [0.15, 0.2) is 0 Å². The lowest BCUT2D eigenvalue weighted by Gasteiger charge is -2.16. The Morgan fingerprint density at radius 1 is 0.970 bits per heavy atom. The Morgan fingerprint density at radius 3 is 2.52 bits per heavy atom. The molecule has 3 aromatic carbocycles. The minimum Gasteiger partial charge on any atom is -0.497 e. The summed E-state index contributed by atoms with van der Waals surface area (Å²) >= 11 is 6.23. The van der Waals surface area contributed by atoms with E-state index in [4.69, 9.17) is 21.3 Å². The van der Waals surface area contributed by atoms with E-state index in [0.29, 0.717) is 11.4 Å². The number of nitrogens with one attached hydrogen (secondary N) is 1. The van der Waals surface area contributed by atoms with Crippen molar-refractivity contribution in [3.63, 3.8) is 0 Å². The van der Waals surface area contributed by atoms with Crippen LogP contribution in [0.2, 0.25) is 5.02 Å². The number of nitrogens with zero attached hydrogens (tertiary/aromatic N) is 2. The first-order valence-electron chi connectivity index (χ1n) is 10.8. The van der Waals surface area contributed by atoms with Gasteiger partial charge in [-0.3, -0.25) is 0 Å². The molecule has 0 aliphatic rings. The van der Waals surface area contributed by atoms with E-state index in [1.807, 2.05) is 85.2 Å². The van der Waals surface area contributed by atoms with E-state index in [1.54, 1.807) is 7.11 Å². The van der Waals surface area contributed by atoms with Gasteiger partial charge in [-0.15, -0.1) is 0 Å². The van der Waals surface area contributed by atoms with Crippen molar-refractivity contribution in [3.05, 3.63) is 95.8 Å². The van der Waals surface area contributed by atoms with Crippen molar-refractivity contribution in [3.8, 4) is 5.75 Å². The van der Waals surface area contributed by atoms with E-state index in [0.717, 1.165) is 51.0 Å². The maximum Gasteiger partial charge on any atom is 0.119 e. The first-order valence-corrected chi connectivity index (χ1v) is 11.2. The van der Waals surface area contributed by atoms with Crippen LogP contribution in [0.1, 0.15) is 18.1 Å². The highest BCUT2D eigenvalue weighted by molar-refractivity contribution is 6.31. The smallest absolute Gasteiger partial charge is 0.119 e. The molecule has 33 heavy (non-hydrogen) atoms. The first kappa shape index (κ1) is 21.3. The average Bonchev–Trinajstić information content (AvgIpc) is 3.36. The molecule has 0 fully saturated rings. The van der Waals surface area contributed by atoms with E-state index in [-0.39, 0.29) is 0 Å². The van der Waals surface area contributed by atoms with Gasteiger partial charge in [-0.25, -0.2) is 4.98 Å². The molecule has 1 atom stereocenters. The number of aryl methyl sites for hydroxylation is 1. The molecule has 2 aromatic heterocycles. The summed E-state index contributed by atoms with van der Waals surface area (Å²) < 4.78 is 7.51. The second-order valence-electron chi connectivity index (χ2n) is 8.00. The lowest BCUT2D eigenvalue weighted by Crippen LogP contribution is -2.03. The molecule has 5 rings (SSSR count). The van der Waals surface area contributed by atoms with Crippen molar-refractivity contribution in [1.29, 1.82) is 0 Å². The minimum atomic E-state index is -0.518. The summed E-state index contributed by atoms with van der Waals surface area (Å²) in [6.45, 7) is 0.771. The zero-order valence-corrected chi connectivity index (χ0v) is 19.0. The number of anilines is 2. The summed E-state index contributed by atoms with van der Waals surface area (Å²) in [6, 6.07) is 23.4. The number of halogens is 1. The van der Waals surface area contributed by atoms with Crippen molar-refractivity contribution >= 4 is 44.8 Å². The predicted molar refractivity (Wildman–Crippen MR) is 135 cm³/mol. The minimum absolute atomic E-state index is 0.518. The molecule has 2 heterocycles. The fourth-order valence-corrected chi connectivity index (χ4v) is 4.21. The normalized spacial score (nSPS) is 12.2. The van der Waals surface area contributed by atoms with Crippen LogP contribution in [0.3, 0.4) is 0 Å². The molecular formula is C27H24ClN3O2. The quantitative estimate of drug-likeness (QED) is 0.266. The monoisotopic (exact) mass is 457 g/mol. The first-order chi connectivity index (χ1) is 16.1. The van der Waals surface area contributed by atoms with Crippen molar-refractivity contribution in [1.82, 2.24) is 9.55 Å². The number of hydrogen-bond acceptors (Lipinski definition) is 4. The van der Waals surface area contributed by atoms with E-state index < -0.39 is 6.10 Å². The van der Waals surface area contributed by atoms with Crippen LogP contribution in [0.4, 0.5) is 11.4 Å². The summed E-state index contributed by atoms with van der Waals surface area (Å²) in [6.07, 6.45) is 4.15. The van der Waals surface area contributed by atoms with Gasteiger partial charge < -0.3 is 19.7 Å². The number of aliphatic hydroxyl groups is 1. The Hall–Kier alpha value is -3.54. The number of benzene rings is 3. The molecule has 166 valence electrons. The Morgan fingerprint density at radius 2 is 1.76 bits per heavy atom. The van der Waals surface area contributed by atoms with Crippen molar-refractivity contribution in [2.45, 2.75) is 19.1 Å². The number of fused-ring (bicyclic) bond motifs is 2. The van der Waals surface area contributed by atoms with Gasteiger partial charge in [-0.2, -0.15) is 0 Å². The lowest BCUT2D eigenvalue weighted by atomic mass is 10.0. The van der Waals surface area contributed by atoms with Crippen LogP contribution in [-0.4, -0.2) is 21.8 Å². The third kappa shape index (κ3) is 4.51. The Labute approximate surface area is 197 Å². The van der Waals surface area contributed by atoms with Gasteiger partial charge in [0.05, 0.1) is 29.9 Å². The van der Waals surface area contributed by atoms with Gasteiger partial charge in [-0.05, 0) is 72.6 Å². The summed E-state index contributed by atoms with van der Waals surface area (Å²) in [5.41, 5.74) is 4.42. The van der Waals surface area contributed by atoms with E-state index in [2.05, 4.69) is 9.88 Å². The van der Waals surface area contributed by atoms with Gasteiger partial charge in [0.2, 0.25) is 0 Å². The van der Waals surface area contributed by atoms with Crippen LogP contribution in [0.5, 0.6) is 5.75 Å². The largest absolute Gasteiger partial charge is 0.497 e. The second-order valence-corrected chi connectivity index (χ2v) is 8.44. The third-order valence-corrected chi connectivity index (χ3v) is 6.07. The molecule has 5 nitrogen and oxygen atoms in total. The zero-order chi connectivity index (χ0) is 22.8. The number of pyridine rings is 1. The molecule has 0 spiro atoms. The van der Waals surface area contributed by atoms with E-state index in [9.17, 15) is 5.11 Å². The molecule has 2 N–H and O–H groups in total. The molecular weight excluding hydrogens is 434 g/mol. The van der Waals surface area contributed by atoms with Crippen LogP contribution in [0, 0.1) is 0 Å². The molecule has 0 saturated heterocycles. The molecule has 0 amide bonds. The average molecular weight is 458 g/mol. The SMILES string of the molecule is COc1ccc2nc3cc(Cl)ccc3c(Nc3ccc([C@@H](O)CCn4cccc4)cc3)c2c1. The van der Waals surface area contributed by atoms with Gasteiger partial charge in [0.25, 0.3) is 0 Å². The molecule has 0 unspecified atom stereocenters. The lowest BCUT2D eigenvalue weighted by molar-refractivity contribution is 0.161. The van der Waals surface area contributed by atoms with Crippen LogP contribution in [0.25, 0.3) is 21.8 Å². The molecule has 0 bridgehead atoms. The molecule has 0 radical (unpaired) electrons. The zero-order valence-electron chi connectivity index (χ0n) is 18.2. The highest BCUT2D eigenvalue weighted by Gasteiger charge is 2.12. The summed E-state index contributed by atoms with van der Waals surface area (Å²) in [5.74, 6) is 0.766. The maximum atomic E-state index is 10.6. The van der Waals surface area contributed by atoms with Crippen molar-refractivity contribution in [2.75, 3.05) is 12.4 Å². The number of hydrogen-bond donors (Lipinski definition) is 2. The number of aliphatic hydroxyl groups excluding tert-OH is 1. The van der Waals surface area contributed by atoms with Gasteiger partial charge in [-0.1, -0.05) is 23.7 Å². The Balaban J connectivity index is 1.46. The number of ether oxygens (including phenoxy) is 1. The van der Waals surface area contributed by atoms with Crippen LogP contribution >= 0.6 is 11.6 Å².